The molecule has 1 N–H and O–H groups in total. The van der Waals surface area contributed by atoms with Crippen LogP contribution in [-0.2, 0) is 4.79 Å². The van der Waals surface area contributed by atoms with Crippen LogP contribution < -0.4 is 4.90 Å². The highest BCUT2D eigenvalue weighted by molar-refractivity contribution is 5.78. The molecular formula is C27H45N3O2. The van der Waals surface area contributed by atoms with Gasteiger partial charge in [0.2, 0.25) is 5.91 Å². The van der Waals surface area contributed by atoms with Gasteiger partial charge in [-0.1, -0.05) is 46.8 Å². The van der Waals surface area contributed by atoms with E-state index >= 15 is 0 Å². The number of hydrogen-bond donors (Lipinski definition) is 1. The average molecular weight is 444 g/mol. The molecule has 5 heteroatoms. The van der Waals surface area contributed by atoms with Crippen molar-refractivity contribution >= 4 is 11.6 Å². The summed E-state index contributed by atoms with van der Waals surface area (Å²) in [4.78, 5) is 19.6. The fourth-order valence-electron chi connectivity index (χ4n) is 5.46. The van der Waals surface area contributed by atoms with Crippen molar-refractivity contribution in [2.75, 3.05) is 50.7 Å². The molecule has 0 aromatic heterocycles. The molecule has 180 valence electrons. The maximum atomic E-state index is 12.8. The normalized spacial score (nSPS) is 25.8. The molecule has 1 aromatic rings. The minimum atomic E-state index is -0.813. The first-order chi connectivity index (χ1) is 15.4. The molecule has 0 radical (unpaired) electrons. The Balaban J connectivity index is 0.00000141. The highest BCUT2D eigenvalue weighted by Gasteiger charge is 2.53. The van der Waals surface area contributed by atoms with Crippen molar-refractivity contribution in [3.63, 3.8) is 0 Å². The fraction of sp³-hybridized carbons (Fsp3) is 0.741. The van der Waals surface area contributed by atoms with Crippen LogP contribution >= 0.6 is 0 Å². The van der Waals surface area contributed by atoms with Gasteiger partial charge in [0.15, 0.2) is 0 Å². The number of amides is 1. The lowest BCUT2D eigenvalue weighted by molar-refractivity contribution is -0.150. The van der Waals surface area contributed by atoms with E-state index in [1.807, 2.05) is 18.7 Å². The number of likely N-dealkylation sites (tertiary alicyclic amines) is 2. The van der Waals surface area contributed by atoms with Crippen LogP contribution in [0.3, 0.4) is 0 Å². The Morgan fingerprint density at radius 2 is 1.69 bits per heavy atom. The number of benzene rings is 1. The van der Waals surface area contributed by atoms with Crippen LogP contribution in [-0.4, -0.2) is 72.2 Å². The molecule has 3 fully saturated rings. The summed E-state index contributed by atoms with van der Waals surface area (Å²) in [6, 6.07) is 9.02. The predicted molar refractivity (Wildman–Crippen MR) is 133 cm³/mol. The van der Waals surface area contributed by atoms with Crippen LogP contribution in [0, 0.1) is 5.41 Å². The Bertz CT molecular complexity index is 736. The van der Waals surface area contributed by atoms with Crippen LogP contribution in [0.4, 0.5) is 5.69 Å². The molecule has 2 unspecified atom stereocenters. The number of carbonyl (C=O) groups excluding carboxylic acids is 1. The van der Waals surface area contributed by atoms with E-state index in [-0.39, 0.29) is 11.3 Å². The Labute approximate surface area is 195 Å². The Morgan fingerprint density at radius 3 is 2.28 bits per heavy atom. The van der Waals surface area contributed by atoms with Gasteiger partial charge >= 0.3 is 0 Å². The second-order valence-electron chi connectivity index (χ2n) is 10.2. The standard InChI is InChI=1S/C25H39N3O2.C2H6/c1-4-20(3)21-7-9-22(10-8-21)27-16-24(17-27)18-28(19-24)23(29)15-25(30)11-6-13-26(5-2)14-12-25;1-2/h7-10,20,30H,4-6,11-19H2,1-3H3;1-2H3. The third-order valence-electron chi connectivity index (χ3n) is 7.83. The summed E-state index contributed by atoms with van der Waals surface area (Å²) < 4.78 is 0. The third kappa shape index (κ3) is 5.48. The molecule has 3 heterocycles. The molecule has 3 saturated heterocycles. The van der Waals surface area contributed by atoms with Gasteiger partial charge < -0.3 is 19.8 Å². The highest BCUT2D eigenvalue weighted by atomic mass is 16.3. The predicted octanol–water partition coefficient (Wildman–Crippen LogP) is 4.50. The van der Waals surface area contributed by atoms with Crippen LogP contribution in [0.2, 0.25) is 0 Å². The largest absolute Gasteiger partial charge is 0.389 e. The van der Waals surface area contributed by atoms with Gasteiger partial charge in [-0.2, -0.15) is 0 Å². The van der Waals surface area contributed by atoms with Crippen molar-refractivity contribution in [3.8, 4) is 0 Å². The van der Waals surface area contributed by atoms with Crippen molar-refractivity contribution in [1.29, 1.82) is 0 Å². The van der Waals surface area contributed by atoms with E-state index in [4.69, 9.17) is 0 Å². The molecule has 1 spiro atoms. The molecule has 3 aliphatic heterocycles. The molecule has 0 bridgehead atoms. The summed E-state index contributed by atoms with van der Waals surface area (Å²) in [5.41, 5.74) is 2.17. The Morgan fingerprint density at radius 1 is 1.03 bits per heavy atom. The van der Waals surface area contributed by atoms with Crippen LogP contribution in [0.25, 0.3) is 0 Å². The highest BCUT2D eigenvalue weighted by Crippen LogP contribution is 2.43. The van der Waals surface area contributed by atoms with Crippen LogP contribution in [0.1, 0.15) is 78.2 Å². The lowest BCUT2D eigenvalue weighted by Crippen LogP contribution is -2.73. The Hall–Kier alpha value is -1.59. The summed E-state index contributed by atoms with van der Waals surface area (Å²) in [6.07, 6.45) is 3.90. The van der Waals surface area contributed by atoms with Crippen molar-refractivity contribution in [2.45, 2.75) is 78.2 Å². The molecule has 1 aromatic carbocycles. The third-order valence-corrected chi connectivity index (χ3v) is 7.83. The van der Waals surface area contributed by atoms with E-state index in [1.165, 1.54) is 17.7 Å². The SMILES string of the molecule is CC.CCC(C)c1ccc(N2CC3(CN(C(=O)CC4(O)CCCN(CC)CC4)C3)C2)cc1. The van der Waals surface area contributed by atoms with E-state index in [1.54, 1.807) is 0 Å². The van der Waals surface area contributed by atoms with Gasteiger partial charge in [-0.05, 0) is 62.4 Å². The topological polar surface area (TPSA) is 47.0 Å². The van der Waals surface area contributed by atoms with E-state index in [0.717, 1.165) is 58.7 Å². The van der Waals surface area contributed by atoms with Crippen molar-refractivity contribution < 1.29 is 9.90 Å². The summed E-state index contributed by atoms with van der Waals surface area (Å²) in [6.45, 7) is 17.4. The molecule has 0 saturated carbocycles. The zero-order valence-electron chi connectivity index (χ0n) is 21.1. The lowest BCUT2D eigenvalue weighted by Gasteiger charge is -2.61. The van der Waals surface area contributed by atoms with Gasteiger partial charge in [0, 0.05) is 43.8 Å². The molecule has 32 heavy (non-hydrogen) atoms. The maximum absolute atomic E-state index is 12.8. The minimum absolute atomic E-state index is 0.143. The number of anilines is 1. The first-order valence-electron chi connectivity index (χ1n) is 12.9. The van der Waals surface area contributed by atoms with E-state index < -0.39 is 5.60 Å². The quantitative estimate of drug-likeness (QED) is 0.703. The molecule has 1 amide bonds. The van der Waals surface area contributed by atoms with Crippen molar-refractivity contribution in [3.05, 3.63) is 29.8 Å². The van der Waals surface area contributed by atoms with Gasteiger partial charge in [0.25, 0.3) is 0 Å². The van der Waals surface area contributed by atoms with E-state index in [0.29, 0.717) is 18.8 Å². The van der Waals surface area contributed by atoms with Gasteiger partial charge in [-0.15, -0.1) is 0 Å². The first-order valence-corrected chi connectivity index (χ1v) is 12.9. The lowest BCUT2D eigenvalue weighted by atomic mass is 9.72. The number of nitrogens with zero attached hydrogens (tertiary/aromatic N) is 3. The second-order valence-corrected chi connectivity index (χ2v) is 10.2. The zero-order chi connectivity index (χ0) is 23.4. The smallest absolute Gasteiger partial charge is 0.225 e. The zero-order valence-corrected chi connectivity index (χ0v) is 21.1. The second kappa shape index (κ2) is 10.6. The van der Waals surface area contributed by atoms with Crippen molar-refractivity contribution in [2.24, 2.45) is 5.41 Å². The molecular weight excluding hydrogens is 398 g/mol. The van der Waals surface area contributed by atoms with Crippen LogP contribution in [0.5, 0.6) is 0 Å². The first kappa shape index (κ1) is 25.0. The van der Waals surface area contributed by atoms with Gasteiger partial charge in [-0.25, -0.2) is 0 Å². The maximum Gasteiger partial charge on any atom is 0.225 e. The number of aliphatic hydroxyl groups is 1. The van der Waals surface area contributed by atoms with Crippen molar-refractivity contribution in [1.82, 2.24) is 9.80 Å². The van der Waals surface area contributed by atoms with E-state index in [9.17, 15) is 9.90 Å². The molecule has 3 aliphatic rings. The molecule has 4 rings (SSSR count). The van der Waals surface area contributed by atoms with Gasteiger partial charge in [-0.3, -0.25) is 4.79 Å². The van der Waals surface area contributed by atoms with Crippen LogP contribution in [0.15, 0.2) is 24.3 Å². The number of carbonyl (C=O) groups is 1. The molecule has 5 nitrogen and oxygen atoms in total. The molecule has 0 aliphatic carbocycles. The van der Waals surface area contributed by atoms with Gasteiger partial charge in [0.05, 0.1) is 12.0 Å². The summed E-state index contributed by atoms with van der Waals surface area (Å²) in [5.74, 6) is 0.755. The monoisotopic (exact) mass is 443 g/mol. The number of hydrogen-bond acceptors (Lipinski definition) is 4. The summed E-state index contributed by atoms with van der Waals surface area (Å²) in [7, 11) is 0. The number of rotatable bonds is 6. The summed E-state index contributed by atoms with van der Waals surface area (Å²) >= 11 is 0. The minimum Gasteiger partial charge on any atom is -0.389 e. The Kier molecular flexibility index (Phi) is 8.26. The molecule has 2 atom stereocenters. The van der Waals surface area contributed by atoms with Gasteiger partial charge in [0.1, 0.15) is 0 Å². The van der Waals surface area contributed by atoms with E-state index in [2.05, 4.69) is 54.8 Å². The fourth-order valence-corrected chi connectivity index (χ4v) is 5.46. The summed E-state index contributed by atoms with van der Waals surface area (Å²) in [5, 5.41) is 11.0. The average Bonchev–Trinajstić information content (AvgIpc) is 2.94.